The normalized spacial score (nSPS) is 19.1. The molecule has 0 aromatic carbocycles. The molecule has 0 spiro atoms. The smallest absolute Gasteiger partial charge is 0.173 e. The molecule has 0 amide bonds. The minimum absolute atomic E-state index is 0.0992. The Kier molecular flexibility index (Phi) is 1.68. The van der Waals surface area contributed by atoms with Gasteiger partial charge in [-0.2, -0.15) is 0 Å². The van der Waals surface area contributed by atoms with Gasteiger partial charge in [-0.15, -0.1) is 11.6 Å². The van der Waals surface area contributed by atoms with Crippen LogP contribution in [0, 0.1) is 0 Å². The Hall–Kier alpha value is -0.830. The summed E-state index contributed by atoms with van der Waals surface area (Å²) < 4.78 is 1.74. The van der Waals surface area contributed by atoms with Gasteiger partial charge in [-0.25, -0.2) is 4.98 Å². The summed E-state index contributed by atoms with van der Waals surface area (Å²) in [4.78, 5) is 14.7. The van der Waals surface area contributed by atoms with E-state index in [0.717, 1.165) is 12.8 Å². The van der Waals surface area contributed by atoms with Crippen molar-refractivity contribution >= 4 is 17.4 Å². The Labute approximate surface area is 75.4 Å². The van der Waals surface area contributed by atoms with Crippen LogP contribution in [0.4, 0.5) is 0 Å². The third-order valence-electron chi connectivity index (χ3n) is 2.07. The Morgan fingerprint density at radius 3 is 2.92 bits per heavy atom. The van der Waals surface area contributed by atoms with Crippen LogP contribution in [0.2, 0.25) is 0 Å². The number of carbonyl (C=O) groups excluding carboxylic acids is 1. The first kappa shape index (κ1) is 7.80. The highest BCUT2D eigenvalue weighted by molar-refractivity contribution is 6.37. The first-order valence-corrected chi connectivity index (χ1v) is 4.26. The molecule has 0 aliphatic heterocycles. The molecule has 0 bridgehead atoms. The van der Waals surface area contributed by atoms with Crippen molar-refractivity contribution in [2.24, 2.45) is 0 Å². The van der Waals surface area contributed by atoms with Crippen LogP contribution in [-0.4, -0.2) is 20.2 Å². The molecular weight excluding hydrogens is 176 g/mol. The molecule has 0 saturated heterocycles. The first-order valence-electron chi connectivity index (χ1n) is 3.89. The lowest BCUT2D eigenvalue weighted by atomic mass is 10.2. The monoisotopic (exact) mass is 184 g/mol. The second-order valence-electron chi connectivity index (χ2n) is 3.12. The molecule has 4 heteroatoms. The zero-order chi connectivity index (χ0) is 8.60. The van der Waals surface area contributed by atoms with E-state index in [9.17, 15) is 4.79 Å². The van der Waals surface area contributed by atoms with Crippen molar-refractivity contribution in [3.05, 3.63) is 18.7 Å². The summed E-state index contributed by atoms with van der Waals surface area (Å²) in [6, 6.07) is 0. The maximum absolute atomic E-state index is 11.4. The molecule has 1 aliphatic carbocycles. The van der Waals surface area contributed by atoms with E-state index in [1.165, 1.54) is 0 Å². The van der Waals surface area contributed by atoms with Crippen LogP contribution in [0.3, 0.4) is 0 Å². The molecule has 1 heterocycles. The van der Waals surface area contributed by atoms with Gasteiger partial charge in [-0.05, 0) is 12.8 Å². The summed E-state index contributed by atoms with van der Waals surface area (Å²) in [5.41, 5.74) is 0. The highest BCUT2D eigenvalue weighted by Crippen LogP contribution is 2.43. The predicted octanol–water partition coefficient (Wildman–Crippen LogP) is 1.22. The third kappa shape index (κ3) is 1.37. The lowest BCUT2D eigenvalue weighted by Gasteiger charge is -2.04. The SMILES string of the molecule is O=C(Cn1ccnc1)C1(Cl)CC1. The Balaban J connectivity index is 2.00. The van der Waals surface area contributed by atoms with Gasteiger partial charge in [-0.3, -0.25) is 4.79 Å². The standard InChI is InChI=1S/C8H9ClN2O/c9-8(1-2-8)7(12)5-11-4-3-10-6-11/h3-4,6H,1-2,5H2. The van der Waals surface area contributed by atoms with Crippen molar-refractivity contribution in [2.45, 2.75) is 24.3 Å². The fourth-order valence-corrected chi connectivity index (χ4v) is 1.23. The Morgan fingerprint density at radius 2 is 2.42 bits per heavy atom. The fourth-order valence-electron chi connectivity index (χ4n) is 1.08. The minimum Gasteiger partial charge on any atom is -0.330 e. The van der Waals surface area contributed by atoms with Crippen LogP contribution in [0.1, 0.15) is 12.8 Å². The number of imidazole rings is 1. The molecule has 0 atom stereocenters. The van der Waals surface area contributed by atoms with Gasteiger partial charge in [0.25, 0.3) is 0 Å². The molecule has 2 rings (SSSR count). The van der Waals surface area contributed by atoms with Gasteiger partial charge in [0.1, 0.15) is 4.87 Å². The Bertz CT molecular complexity index is 290. The topological polar surface area (TPSA) is 34.9 Å². The number of hydrogen-bond donors (Lipinski definition) is 0. The van der Waals surface area contributed by atoms with Crippen molar-refractivity contribution in [2.75, 3.05) is 0 Å². The van der Waals surface area contributed by atoms with Crippen molar-refractivity contribution in [1.29, 1.82) is 0 Å². The van der Waals surface area contributed by atoms with Crippen LogP contribution in [0.15, 0.2) is 18.7 Å². The van der Waals surface area contributed by atoms with Gasteiger partial charge in [0.2, 0.25) is 0 Å². The second kappa shape index (κ2) is 2.59. The molecular formula is C8H9ClN2O. The van der Waals surface area contributed by atoms with Crippen molar-refractivity contribution in [3.8, 4) is 0 Å². The van der Waals surface area contributed by atoms with Gasteiger partial charge >= 0.3 is 0 Å². The van der Waals surface area contributed by atoms with Crippen LogP contribution < -0.4 is 0 Å². The fraction of sp³-hybridized carbons (Fsp3) is 0.500. The summed E-state index contributed by atoms with van der Waals surface area (Å²) >= 11 is 5.93. The quantitative estimate of drug-likeness (QED) is 0.663. The highest BCUT2D eigenvalue weighted by atomic mass is 35.5. The van der Waals surface area contributed by atoms with Crippen LogP contribution in [0.5, 0.6) is 0 Å². The van der Waals surface area contributed by atoms with E-state index in [2.05, 4.69) is 4.98 Å². The molecule has 1 saturated carbocycles. The van der Waals surface area contributed by atoms with E-state index in [4.69, 9.17) is 11.6 Å². The number of rotatable bonds is 3. The summed E-state index contributed by atoms with van der Waals surface area (Å²) in [7, 11) is 0. The highest BCUT2D eigenvalue weighted by Gasteiger charge is 2.47. The van der Waals surface area contributed by atoms with E-state index in [-0.39, 0.29) is 5.78 Å². The molecule has 0 N–H and O–H groups in total. The van der Waals surface area contributed by atoms with Crippen LogP contribution in [0.25, 0.3) is 0 Å². The van der Waals surface area contributed by atoms with Gasteiger partial charge in [0.05, 0.1) is 12.9 Å². The van der Waals surface area contributed by atoms with E-state index >= 15 is 0 Å². The minimum atomic E-state index is -0.537. The molecule has 0 radical (unpaired) electrons. The number of carbonyl (C=O) groups is 1. The number of ketones is 1. The molecule has 1 aliphatic rings. The first-order chi connectivity index (χ1) is 5.71. The molecule has 3 nitrogen and oxygen atoms in total. The number of aromatic nitrogens is 2. The van der Waals surface area contributed by atoms with Gasteiger partial charge < -0.3 is 4.57 Å². The van der Waals surface area contributed by atoms with Gasteiger partial charge in [-0.1, -0.05) is 0 Å². The number of nitrogens with zero attached hydrogens (tertiary/aromatic N) is 2. The maximum atomic E-state index is 11.4. The molecule has 64 valence electrons. The van der Waals surface area contributed by atoms with E-state index in [1.807, 2.05) is 0 Å². The average molecular weight is 185 g/mol. The Morgan fingerprint density at radius 1 is 1.67 bits per heavy atom. The number of hydrogen-bond acceptors (Lipinski definition) is 2. The van der Waals surface area contributed by atoms with E-state index in [1.54, 1.807) is 23.3 Å². The van der Waals surface area contributed by atoms with Crippen LogP contribution in [-0.2, 0) is 11.3 Å². The van der Waals surface area contributed by atoms with Gasteiger partial charge in [0, 0.05) is 12.4 Å². The molecule has 12 heavy (non-hydrogen) atoms. The van der Waals surface area contributed by atoms with Gasteiger partial charge in [0.15, 0.2) is 5.78 Å². The lowest BCUT2D eigenvalue weighted by Crippen LogP contribution is -2.20. The summed E-state index contributed by atoms with van der Waals surface area (Å²) in [6.07, 6.45) is 6.69. The summed E-state index contributed by atoms with van der Waals surface area (Å²) in [5, 5.41) is 0. The molecule has 1 fully saturated rings. The van der Waals surface area contributed by atoms with E-state index < -0.39 is 4.87 Å². The van der Waals surface area contributed by atoms with Crippen LogP contribution >= 0.6 is 11.6 Å². The number of Topliss-reactive ketones (excluding diaryl/α,β-unsaturated/α-hetero) is 1. The zero-order valence-corrected chi connectivity index (χ0v) is 7.29. The molecule has 1 aromatic rings. The number of halogens is 1. The number of alkyl halides is 1. The summed E-state index contributed by atoms with van der Waals surface area (Å²) in [5.74, 6) is 0.0992. The molecule has 1 aromatic heterocycles. The zero-order valence-electron chi connectivity index (χ0n) is 6.53. The van der Waals surface area contributed by atoms with Crippen molar-refractivity contribution in [3.63, 3.8) is 0 Å². The second-order valence-corrected chi connectivity index (χ2v) is 3.85. The average Bonchev–Trinajstić information content (AvgIpc) is 2.63. The predicted molar refractivity (Wildman–Crippen MR) is 45.1 cm³/mol. The largest absolute Gasteiger partial charge is 0.330 e. The summed E-state index contributed by atoms with van der Waals surface area (Å²) in [6.45, 7) is 0.351. The van der Waals surface area contributed by atoms with Crippen molar-refractivity contribution < 1.29 is 4.79 Å². The lowest BCUT2D eigenvalue weighted by molar-refractivity contribution is -0.119. The maximum Gasteiger partial charge on any atom is 0.173 e. The van der Waals surface area contributed by atoms with Crippen molar-refractivity contribution in [1.82, 2.24) is 9.55 Å². The molecule has 0 unspecified atom stereocenters. The van der Waals surface area contributed by atoms with E-state index in [0.29, 0.717) is 6.54 Å². The third-order valence-corrected chi connectivity index (χ3v) is 2.66.